The minimum absolute atomic E-state index is 0.186. The minimum atomic E-state index is 0.186. The Morgan fingerprint density at radius 2 is 1.63 bits per heavy atom. The molecule has 1 rings (SSSR count). The summed E-state index contributed by atoms with van der Waals surface area (Å²) in [5.41, 5.74) is 6.78. The van der Waals surface area contributed by atoms with Gasteiger partial charge >= 0.3 is 0 Å². The third-order valence-electron chi connectivity index (χ3n) is 5.57. The molecule has 19 heavy (non-hydrogen) atoms. The first kappa shape index (κ1) is 16.9. The van der Waals surface area contributed by atoms with Crippen molar-refractivity contribution in [3.05, 3.63) is 0 Å². The molecule has 0 amide bonds. The number of rotatable bonds is 10. The van der Waals surface area contributed by atoms with Gasteiger partial charge in [0.1, 0.15) is 0 Å². The number of likely N-dealkylation sites (N-methyl/N-ethyl adjacent to an activating group) is 1. The zero-order valence-electron chi connectivity index (χ0n) is 13.8. The molecule has 0 heterocycles. The second-order valence-corrected chi connectivity index (χ2v) is 6.50. The van der Waals surface area contributed by atoms with Crippen LogP contribution >= 0.6 is 0 Å². The Bertz CT molecular complexity index is 259. The summed E-state index contributed by atoms with van der Waals surface area (Å²) in [6.45, 7) is 18.2. The summed E-state index contributed by atoms with van der Waals surface area (Å²) < 4.78 is 0. The quantitative estimate of drug-likeness (QED) is 0.661. The van der Waals surface area contributed by atoms with Gasteiger partial charge in [-0.3, -0.25) is 4.90 Å². The maximum atomic E-state index is 6.14. The van der Waals surface area contributed by atoms with E-state index in [0.29, 0.717) is 5.41 Å². The fourth-order valence-corrected chi connectivity index (χ4v) is 3.26. The van der Waals surface area contributed by atoms with E-state index in [1.54, 1.807) is 0 Å². The highest BCUT2D eigenvalue weighted by Gasteiger charge is 2.54. The van der Waals surface area contributed by atoms with E-state index in [4.69, 9.17) is 5.73 Å². The van der Waals surface area contributed by atoms with Gasteiger partial charge < -0.3 is 10.6 Å². The van der Waals surface area contributed by atoms with Crippen LogP contribution in [0.3, 0.4) is 0 Å². The molecule has 1 saturated carbocycles. The molecule has 1 aliphatic rings. The molecule has 0 aromatic rings. The standard InChI is InChI=1S/C16H35N3/c1-6-18(7-2)12-9-13-19(8-3)16(5,14-17)15(4)10-11-15/h6-14,17H2,1-5H3. The molecule has 0 aliphatic heterocycles. The van der Waals surface area contributed by atoms with Crippen molar-refractivity contribution in [2.75, 3.05) is 39.3 Å². The Balaban J connectivity index is 2.52. The largest absolute Gasteiger partial charge is 0.329 e. The number of hydrogen-bond donors (Lipinski definition) is 1. The third kappa shape index (κ3) is 3.71. The predicted molar refractivity (Wildman–Crippen MR) is 84.5 cm³/mol. The molecule has 0 saturated heterocycles. The van der Waals surface area contributed by atoms with Gasteiger partial charge in [0.15, 0.2) is 0 Å². The van der Waals surface area contributed by atoms with Crippen LogP contribution in [0.25, 0.3) is 0 Å². The third-order valence-corrected chi connectivity index (χ3v) is 5.57. The van der Waals surface area contributed by atoms with Gasteiger partial charge in [0.05, 0.1) is 0 Å². The summed E-state index contributed by atoms with van der Waals surface area (Å²) in [7, 11) is 0. The van der Waals surface area contributed by atoms with Gasteiger partial charge in [-0.15, -0.1) is 0 Å². The molecule has 0 aromatic carbocycles. The molecule has 114 valence electrons. The summed E-state index contributed by atoms with van der Waals surface area (Å²) in [5.74, 6) is 0. The van der Waals surface area contributed by atoms with Crippen LogP contribution < -0.4 is 5.73 Å². The lowest BCUT2D eigenvalue weighted by Gasteiger charge is -2.45. The van der Waals surface area contributed by atoms with Gasteiger partial charge in [0.25, 0.3) is 0 Å². The van der Waals surface area contributed by atoms with Crippen LogP contribution in [0.5, 0.6) is 0 Å². The maximum absolute atomic E-state index is 6.14. The van der Waals surface area contributed by atoms with Crippen LogP contribution in [0.4, 0.5) is 0 Å². The highest BCUT2D eigenvalue weighted by molar-refractivity contribution is 5.09. The molecule has 3 nitrogen and oxygen atoms in total. The Morgan fingerprint density at radius 1 is 1.05 bits per heavy atom. The lowest BCUT2D eigenvalue weighted by Crippen LogP contribution is -2.57. The van der Waals surface area contributed by atoms with E-state index in [1.807, 2.05) is 0 Å². The second kappa shape index (κ2) is 7.05. The lowest BCUT2D eigenvalue weighted by molar-refractivity contribution is 0.0486. The molecule has 0 spiro atoms. The minimum Gasteiger partial charge on any atom is -0.329 e. The van der Waals surface area contributed by atoms with E-state index in [9.17, 15) is 0 Å². The van der Waals surface area contributed by atoms with Crippen molar-refractivity contribution in [2.24, 2.45) is 11.1 Å². The zero-order valence-corrected chi connectivity index (χ0v) is 13.8. The summed E-state index contributed by atoms with van der Waals surface area (Å²) in [4.78, 5) is 5.13. The summed E-state index contributed by atoms with van der Waals surface area (Å²) in [6, 6.07) is 0. The van der Waals surface area contributed by atoms with Crippen molar-refractivity contribution in [1.29, 1.82) is 0 Å². The molecule has 1 aliphatic carbocycles. The smallest absolute Gasteiger partial charge is 0.0356 e. The molecule has 1 atom stereocenters. The molecule has 0 aromatic heterocycles. The van der Waals surface area contributed by atoms with Gasteiger partial charge in [0, 0.05) is 12.1 Å². The number of hydrogen-bond acceptors (Lipinski definition) is 3. The van der Waals surface area contributed by atoms with E-state index in [1.165, 1.54) is 32.4 Å². The zero-order chi connectivity index (χ0) is 14.5. The number of nitrogens with zero attached hydrogens (tertiary/aromatic N) is 2. The van der Waals surface area contributed by atoms with E-state index in [0.717, 1.165) is 26.2 Å². The van der Waals surface area contributed by atoms with Gasteiger partial charge in [-0.05, 0) is 64.3 Å². The molecule has 1 fully saturated rings. The summed E-state index contributed by atoms with van der Waals surface area (Å²) in [6.07, 6.45) is 3.93. The average molecular weight is 269 g/mol. The Labute approximate surface area is 120 Å². The van der Waals surface area contributed by atoms with Crippen molar-refractivity contribution in [3.8, 4) is 0 Å². The maximum Gasteiger partial charge on any atom is 0.0356 e. The highest BCUT2D eigenvalue weighted by Crippen LogP contribution is 2.55. The molecule has 3 heteroatoms. The average Bonchev–Trinajstić information content (AvgIpc) is 3.18. The Morgan fingerprint density at radius 3 is 2.00 bits per heavy atom. The first-order chi connectivity index (χ1) is 8.97. The SMILES string of the molecule is CCN(CC)CCCN(CC)C(C)(CN)C1(C)CC1. The Kier molecular flexibility index (Phi) is 6.28. The number of nitrogens with two attached hydrogens (primary N) is 1. The van der Waals surface area contributed by atoms with Crippen LogP contribution in [0.1, 0.15) is 53.9 Å². The van der Waals surface area contributed by atoms with Crippen molar-refractivity contribution in [1.82, 2.24) is 9.80 Å². The molecule has 1 unspecified atom stereocenters. The normalized spacial score (nSPS) is 20.8. The van der Waals surface area contributed by atoms with E-state index in [2.05, 4.69) is 44.4 Å². The molecular weight excluding hydrogens is 234 g/mol. The molecular formula is C16H35N3. The summed E-state index contributed by atoms with van der Waals surface area (Å²) >= 11 is 0. The van der Waals surface area contributed by atoms with Gasteiger partial charge in [-0.1, -0.05) is 27.7 Å². The topological polar surface area (TPSA) is 32.5 Å². The van der Waals surface area contributed by atoms with Gasteiger partial charge in [-0.2, -0.15) is 0 Å². The van der Waals surface area contributed by atoms with E-state index in [-0.39, 0.29) is 5.54 Å². The Hall–Kier alpha value is -0.120. The fourth-order valence-electron chi connectivity index (χ4n) is 3.26. The van der Waals surface area contributed by atoms with Crippen LogP contribution in [0.15, 0.2) is 0 Å². The van der Waals surface area contributed by atoms with Crippen LogP contribution in [-0.4, -0.2) is 54.6 Å². The molecule has 2 N–H and O–H groups in total. The lowest BCUT2D eigenvalue weighted by atomic mass is 9.82. The van der Waals surface area contributed by atoms with Gasteiger partial charge in [0.2, 0.25) is 0 Å². The van der Waals surface area contributed by atoms with Gasteiger partial charge in [-0.25, -0.2) is 0 Å². The monoisotopic (exact) mass is 269 g/mol. The summed E-state index contributed by atoms with van der Waals surface area (Å²) in [5, 5.41) is 0. The van der Waals surface area contributed by atoms with E-state index >= 15 is 0 Å². The fraction of sp³-hybridized carbons (Fsp3) is 1.00. The van der Waals surface area contributed by atoms with Crippen LogP contribution in [0.2, 0.25) is 0 Å². The van der Waals surface area contributed by atoms with Crippen molar-refractivity contribution < 1.29 is 0 Å². The first-order valence-corrected chi connectivity index (χ1v) is 8.14. The van der Waals surface area contributed by atoms with Crippen LogP contribution in [0, 0.1) is 5.41 Å². The van der Waals surface area contributed by atoms with Crippen LogP contribution in [-0.2, 0) is 0 Å². The molecule has 0 bridgehead atoms. The molecule has 0 radical (unpaired) electrons. The second-order valence-electron chi connectivity index (χ2n) is 6.50. The van der Waals surface area contributed by atoms with Crippen molar-refractivity contribution in [3.63, 3.8) is 0 Å². The van der Waals surface area contributed by atoms with Crippen molar-refractivity contribution in [2.45, 2.75) is 59.4 Å². The van der Waals surface area contributed by atoms with Crippen molar-refractivity contribution >= 4 is 0 Å². The highest BCUT2D eigenvalue weighted by atomic mass is 15.2. The predicted octanol–water partition coefficient (Wildman–Crippen LogP) is 2.56. The first-order valence-electron chi connectivity index (χ1n) is 8.14. The van der Waals surface area contributed by atoms with E-state index < -0.39 is 0 Å².